The third kappa shape index (κ3) is 3.37. The van der Waals surface area contributed by atoms with E-state index < -0.39 is 0 Å². The number of hydrogen-bond acceptors (Lipinski definition) is 5. The van der Waals surface area contributed by atoms with E-state index in [0.29, 0.717) is 18.9 Å². The SMILES string of the molecule is Cc1nc(C(=O)N(Cc2cccs2)Cc2cccs2)n[nH]1. The van der Waals surface area contributed by atoms with Crippen molar-refractivity contribution in [3.63, 3.8) is 0 Å². The molecule has 0 aliphatic rings. The van der Waals surface area contributed by atoms with Gasteiger partial charge in [-0.15, -0.1) is 27.8 Å². The van der Waals surface area contributed by atoms with Gasteiger partial charge in [-0.3, -0.25) is 9.89 Å². The zero-order valence-corrected chi connectivity index (χ0v) is 13.1. The highest BCUT2D eigenvalue weighted by Crippen LogP contribution is 2.18. The summed E-state index contributed by atoms with van der Waals surface area (Å²) in [6.45, 7) is 2.93. The average Bonchev–Trinajstić information content (AvgIpc) is 3.19. The summed E-state index contributed by atoms with van der Waals surface area (Å²) in [7, 11) is 0. The van der Waals surface area contributed by atoms with Crippen molar-refractivity contribution in [1.82, 2.24) is 20.1 Å². The van der Waals surface area contributed by atoms with Gasteiger partial charge >= 0.3 is 0 Å². The van der Waals surface area contributed by atoms with Gasteiger partial charge in [0.25, 0.3) is 5.91 Å². The first kappa shape index (κ1) is 14.0. The Kier molecular flexibility index (Phi) is 4.12. The number of thiophene rings is 2. The maximum Gasteiger partial charge on any atom is 0.294 e. The molecule has 3 aromatic heterocycles. The molecular weight excluding hydrogens is 304 g/mol. The summed E-state index contributed by atoms with van der Waals surface area (Å²) >= 11 is 3.29. The van der Waals surface area contributed by atoms with Crippen LogP contribution in [-0.4, -0.2) is 26.0 Å². The predicted octanol–water partition coefficient (Wildman–Crippen LogP) is 3.08. The van der Waals surface area contributed by atoms with Crippen LogP contribution in [0.5, 0.6) is 0 Å². The first-order chi connectivity index (χ1) is 10.2. The van der Waals surface area contributed by atoms with E-state index in [0.717, 1.165) is 9.75 Å². The van der Waals surface area contributed by atoms with Gasteiger partial charge in [0.1, 0.15) is 5.82 Å². The quantitative estimate of drug-likeness (QED) is 0.786. The van der Waals surface area contributed by atoms with Gasteiger partial charge in [-0.25, -0.2) is 4.98 Å². The van der Waals surface area contributed by atoms with Crippen molar-refractivity contribution in [2.24, 2.45) is 0 Å². The fourth-order valence-corrected chi connectivity index (χ4v) is 3.40. The summed E-state index contributed by atoms with van der Waals surface area (Å²) in [5.41, 5.74) is 0. The van der Waals surface area contributed by atoms with Crippen LogP contribution in [-0.2, 0) is 13.1 Å². The van der Waals surface area contributed by atoms with Crippen LogP contribution in [0.4, 0.5) is 0 Å². The van der Waals surface area contributed by atoms with Crippen molar-refractivity contribution in [2.75, 3.05) is 0 Å². The molecule has 1 N–H and O–H groups in total. The second-order valence-electron chi connectivity index (χ2n) is 4.56. The molecule has 0 bridgehead atoms. The van der Waals surface area contributed by atoms with E-state index in [1.165, 1.54) is 0 Å². The van der Waals surface area contributed by atoms with Gasteiger partial charge in [-0.05, 0) is 29.8 Å². The number of amides is 1. The van der Waals surface area contributed by atoms with Gasteiger partial charge in [-0.1, -0.05) is 12.1 Å². The standard InChI is InChI=1S/C14H14N4OS2/c1-10-15-13(17-16-10)14(19)18(8-11-4-2-6-20-11)9-12-5-3-7-21-12/h2-7H,8-9H2,1H3,(H,15,16,17). The molecule has 0 atom stereocenters. The van der Waals surface area contributed by atoms with Gasteiger partial charge < -0.3 is 4.90 Å². The molecule has 7 heteroatoms. The Morgan fingerprint density at radius 3 is 2.24 bits per heavy atom. The van der Waals surface area contributed by atoms with Crippen molar-refractivity contribution in [1.29, 1.82) is 0 Å². The number of carbonyl (C=O) groups excluding carboxylic acids is 1. The lowest BCUT2D eigenvalue weighted by molar-refractivity contribution is 0.0721. The zero-order valence-electron chi connectivity index (χ0n) is 11.4. The van der Waals surface area contributed by atoms with Gasteiger partial charge in [-0.2, -0.15) is 0 Å². The summed E-state index contributed by atoms with van der Waals surface area (Å²) in [5.74, 6) is 0.715. The first-order valence-corrected chi connectivity index (χ1v) is 8.21. The minimum absolute atomic E-state index is 0.152. The summed E-state index contributed by atoms with van der Waals surface area (Å²) in [4.78, 5) is 20.8. The van der Waals surface area contributed by atoms with Crippen LogP contribution in [0.15, 0.2) is 35.0 Å². The second-order valence-corrected chi connectivity index (χ2v) is 6.63. The van der Waals surface area contributed by atoms with Crippen LogP contribution in [0.3, 0.4) is 0 Å². The molecular formula is C14H14N4OS2. The molecule has 0 aliphatic heterocycles. The van der Waals surface area contributed by atoms with Crippen LogP contribution in [0.25, 0.3) is 0 Å². The highest BCUT2D eigenvalue weighted by atomic mass is 32.1. The van der Waals surface area contributed by atoms with Crippen molar-refractivity contribution in [3.05, 3.63) is 56.4 Å². The zero-order chi connectivity index (χ0) is 14.7. The highest BCUT2D eigenvalue weighted by molar-refractivity contribution is 7.10. The van der Waals surface area contributed by atoms with Gasteiger partial charge in [0.2, 0.25) is 5.82 Å². The monoisotopic (exact) mass is 318 g/mol. The Hall–Kier alpha value is -1.99. The lowest BCUT2D eigenvalue weighted by Gasteiger charge is -2.19. The molecule has 0 saturated carbocycles. The molecule has 1 amide bonds. The van der Waals surface area contributed by atoms with E-state index in [-0.39, 0.29) is 11.7 Å². The molecule has 0 spiro atoms. The third-order valence-electron chi connectivity index (χ3n) is 2.93. The summed E-state index contributed by atoms with van der Waals surface area (Å²) in [6.07, 6.45) is 0. The number of rotatable bonds is 5. The molecule has 3 heterocycles. The second kappa shape index (κ2) is 6.19. The molecule has 0 aliphatic carbocycles. The molecule has 21 heavy (non-hydrogen) atoms. The third-order valence-corrected chi connectivity index (χ3v) is 4.65. The fraction of sp³-hybridized carbons (Fsp3) is 0.214. The lowest BCUT2D eigenvalue weighted by atomic mass is 10.3. The number of aryl methyl sites for hydroxylation is 1. The van der Waals surface area contributed by atoms with Crippen LogP contribution in [0.2, 0.25) is 0 Å². The Balaban J connectivity index is 1.82. The fourth-order valence-electron chi connectivity index (χ4n) is 1.96. The first-order valence-electron chi connectivity index (χ1n) is 6.45. The van der Waals surface area contributed by atoms with Gasteiger partial charge in [0.05, 0.1) is 13.1 Å². The molecule has 3 rings (SSSR count). The number of H-pyrrole nitrogens is 1. The molecule has 0 saturated heterocycles. The van der Waals surface area contributed by atoms with Crippen molar-refractivity contribution >= 4 is 28.6 Å². The predicted molar refractivity (Wildman–Crippen MR) is 83.3 cm³/mol. The minimum atomic E-state index is -0.152. The Bertz CT molecular complexity index is 667. The lowest BCUT2D eigenvalue weighted by Crippen LogP contribution is -2.30. The van der Waals surface area contributed by atoms with Crippen LogP contribution < -0.4 is 0 Å². The number of nitrogens with one attached hydrogen (secondary N) is 1. The minimum Gasteiger partial charge on any atom is -0.326 e. The van der Waals surface area contributed by atoms with Gasteiger partial charge in [0, 0.05) is 9.75 Å². The average molecular weight is 318 g/mol. The normalized spacial score (nSPS) is 10.7. The maximum absolute atomic E-state index is 12.6. The summed E-state index contributed by atoms with van der Waals surface area (Å²) < 4.78 is 0. The highest BCUT2D eigenvalue weighted by Gasteiger charge is 2.21. The van der Waals surface area contributed by atoms with E-state index >= 15 is 0 Å². The van der Waals surface area contributed by atoms with Gasteiger partial charge in [0.15, 0.2) is 0 Å². The van der Waals surface area contributed by atoms with Crippen LogP contribution in [0, 0.1) is 6.92 Å². The molecule has 0 radical (unpaired) electrons. The maximum atomic E-state index is 12.6. The van der Waals surface area contributed by atoms with E-state index in [4.69, 9.17) is 0 Å². The van der Waals surface area contributed by atoms with E-state index in [9.17, 15) is 4.79 Å². The van der Waals surface area contributed by atoms with Crippen molar-refractivity contribution in [2.45, 2.75) is 20.0 Å². The molecule has 0 unspecified atom stereocenters. The number of aromatic nitrogens is 3. The topological polar surface area (TPSA) is 61.9 Å². The summed E-state index contributed by atoms with van der Waals surface area (Å²) in [5, 5.41) is 10.7. The number of aromatic amines is 1. The Morgan fingerprint density at radius 2 is 1.81 bits per heavy atom. The number of carbonyl (C=O) groups is 1. The molecule has 0 aromatic carbocycles. The number of nitrogens with zero attached hydrogens (tertiary/aromatic N) is 3. The van der Waals surface area contributed by atoms with E-state index in [2.05, 4.69) is 15.2 Å². The largest absolute Gasteiger partial charge is 0.326 e. The van der Waals surface area contributed by atoms with E-state index in [1.807, 2.05) is 35.0 Å². The van der Waals surface area contributed by atoms with Crippen LogP contribution in [0.1, 0.15) is 26.2 Å². The molecule has 3 aromatic rings. The smallest absolute Gasteiger partial charge is 0.294 e. The molecule has 5 nitrogen and oxygen atoms in total. The summed E-state index contributed by atoms with van der Waals surface area (Å²) in [6, 6.07) is 8.04. The number of hydrogen-bond donors (Lipinski definition) is 1. The van der Waals surface area contributed by atoms with E-state index in [1.54, 1.807) is 34.5 Å². The molecule has 0 fully saturated rings. The Morgan fingerprint density at radius 1 is 1.19 bits per heavy atom. The Labute approximate surface area is 130 Å². The van der Waals surface area contributed by atoms with Crippen molar-refractivity contribution < 1.29 is 4.79 Å². The van der Waals surface area contributed by atoms with Crippen molar-refractivity contribution in [3.8, 4) is 0 Å². The van der Waals surface area contributed by atoms with Crippen LogP contribution >= 0.6 is 22.7 Å². The molecule has 108 valence electrons.